The van der Waals surface area contributed by atoms with E-state index in [-0.39, 0.29) is 5.92 Å². The van der Waals surface area contributed by atoms with Crippen molar-refractivity contribution in [3.05, 3.63) is 6.42 Å². The highest BCUT2D eigenvalue weighted by atomic mass is 16.4. The molecule has 1 aliphatic carbocycles. The van der Waals surface area contributed by atoms with Crippen LogP contribution in [0.4, 0.5) is 0 Å². The Labute approximate surface area is 35.8 Å². The Kier molecular flexibility index (Phi) is 0.587. The van der Waals surface area contributed by atoms with Gasteiger partial charge in [-0.05, 0) is 12.8 Å². The quantitative estimate of drug-likeness (QED) is 0.497. The summed E-state index contributed by atoms with van der Waals surface area (Å²) < 4.78 is 0. The lowest BCUT2D eigenvalue weighted by Gasteiger charge is -1.75. The van der Waals surface area contributed by atoms with Gasteiger partial charge in [0, 0.05) is 0 Å². The second-order valence-corrected chi connectivity index (χ2v) is 1.42. The van der Waals surface area contributed by atoms with Gasteiger partial charge in [-0.15, -0.1) is 0 Å². The highest BCUT2D eigenvalue weighted by Crippen LogP contribution is 2.26. The summed E-state index contributed by atoms with van der Waals surface area (Å²) in [6.45, 7) is 0. The Morgan fingerprint density at radius 1 is 2.00 bits per heavy atom. The van der Waals surface area contributed by atoms with Crippen LogP contribution in [-0.2, 0) is 4.79 Å². The minimum atomic E-state index is -0.685. The lowest BCUT2D eigenvalue weighted by atomic mass is 10.5. The number of rotatable bonds is 1. The van der Waals surface area contributed by atoms with E-state index < -0.39 is 5.97 Å². The molecule has 33 valence electrons. The van der Waals surface area contributed by atoms with E-state index in [2.05, 4.69) is 0 Å². The van der Waals surface area contributed by atoms with Crippen LogP contribution in [0.5, 0.6) is 0 Å². The molecule has 2 nitrogen and oxygen atoms in total. The predicted octanol–water partition coefficient (Wildman–Crippen LogP) is 0.295. The molecule has 1 radical (unpaired) electrons. The second kappa shape index (κ2) is 0.965. The lowest BCUT2D eigenvalue weighted by molar-refractivity contribution is -0.138. The largest absolute Gasteiger partial charge is 0.481 e. The van der Waals surface area contributed by atoms with E-state index in [1.165, 1.54) is 0 Å². The van der Waals surface area contributed by atoms with Gasteiger partial charge in [-0.3, -0.25) is 4.79 Å². The summed E-state index contributed by atoms with van der Waals surface area (Å²) in [5.41, 5.74) is 0. The molecule has 1 aliphatic rings. The first-order valence-electron chi connectivity index (χ1n) is 1.87. The third-order valence-electron chi connectivity index (χ3n) is 0.789. The maximum Gasteiger partial charge on any atom is 0.306 e. The number of carboxylic acids is 1. The first kappa shape index (κ1) is 3.65. The van der Waals surface area contributed by atoms with Crippen molar-refractivity contribution in [1.82, 2.24) is 0 Å². The normalized spacial score (nSPS) is 20.7. The van der Waals surface area contributed by atoms with Gasteiger partial charge in [-0.1, -0.05) is 0 Å². The van der Waals surface area contributed by atoms with Crippen molar-refractivity contribution >= 4 is 5.97 Å². The summed E-state index contributed by atoms with van der Waals surface area (Å²) in [4.78, 5) is 9.73. The highest BCUT2D eigenvalue weighted by molar-refractivity contribution is 5.75. The van der Waals surface area contributed by atoms with Crippen LogP contribution in [-0.4, -0.2) is 11.1 Å². The highest BCUT2D eigenvalue weighted by Gasteiger charge is 2.29. The average Bonchev–Trinajstić information content (AvgIpc) is 2.06. The van der Waals surface area contributed by atoms with E-state index in [1.54, 1.807) is 6.42 Å². The summed E-state index contributed by atoms with van der Waals surface area (Å²) in [7, 11) is 0. The molecule has 0 aromatic rings. The molecule has 0 aliphatic heterocycles. The van der Waals surface area contributed by atoms with Gasteiger partial charge in [0.1, 0.15) is 0 Å². The van der Waals surface area contributed by atoms with Gasteiger partial charge in [0.05, 0.1) is 5.92 Å². The van der Waals surface area contributed by atoms with E-state index in [0.717, 1.165) is 6.42 Å². The molecule has 1 fully saturated rings. The fourth-order valence-corrected chi connectivity index (χ4v) is 0.270. The zero-order valence-corrected chi connectivity index (χ0v) is 3.22. The van der Waals surface area contributed by atoms with Crippen LogP contribution in [0.1, 0.15) is 6.42 Å². The smallest absolute Gasteiger partial charge is 0.306 e. The van der Waals surface area contributed by atoms with Crippen molar-refractivity contribution in [2.45, 2.75) is 6.42 Å². The van der Waals surface area contributed by atoms with Crippen LogP contribution < -0.4 is 0 Å². The van der Waals surface area contributed by atoms with Crippen LogP contribution in [0.2, 0.25) is 0 Å². The third kappa shape index (κ3) is 0.506. The zero-order chi connectivity index (χ0) is 4.57. The Hall–Kier alpha value is -0.530. The molecule has 1 saturated carbocycles. The van der Waals surface area contributed by atoms with Crippen LogP contribution >= 0.6 is 0 Å². The van der Waals surface area contributed by atoms with Crippen molar-refractivity contribution in [3.63, 3.8) is 0 Å². The van der Waals surface area contributed by atoms with E-state index >= 15 is 0 Å². The Bertz CT molecular complexity index is 73.6. The van der Waals surface area contributed by atoms with Crippen LogP contribution in [0.3, 0.4) is 0 Å². The SMILES string of the molecule is O=C(O)[C@H]1[CH]C1. The summed E-state index contributed by atoms with van der Waals surface area (Å²) in [5, 5.41) is 8.02. The second-order valence-electron chi connectivity index (χ2n) is 1.42. The van der Waals surface area contributed by atoms with Gasteiger partial charge in [0.2, 0.25) is 0 Å². The number of carboxylic acid groups (broad SMARTS) is 1. The van der Waals surface area contributed by atoms with Crippen molar-refractivity contribution in [1.29, 1.82) is 0 Å². The topological polar surface area (TPSA) is 37.3 Å². The minimum Gasteiger partial charge on any atom is -0.481 e. The summed E-state index contributed by atoms with van der Waals surface area (Å²) in [6, 6.07) is 0. The average molecular weight is 85.1 g/mol. The molecule has 1 rings (SSSR count). The molecule has 6 heavy (non-hydrogen) atoms. The third-order valence-corrected chi connectivity index (χ3v) is 0.789. The Balaban J connectivity index is 2.31. The maximum atomic E-state index is 9.73. The van der Waals surface area contributed by atoms with E-state index in [9.17, 15) is 4.79 Å². The van der Waals surface area contributed by atoms with Crippen LogP contribution in [0.25, 0.3) is 0 Å². The fraction of sp³-hybridized carbons (Fsp3) is 0.500. The molecule has 0 saturated heterocycles. The van der Waals surface area contributed by atoms with E-state index in [1.807, 2.05) is 0 Å². The fourth-order valence-electron chi connectivity index (χ4n) is 0.270. The molecule has 0 bridgehead atoms. The van der Waals surface area contributed by atoms with Crippen LogP contribution in [0, 0.1) is 12.3 Å². The molecular weight excluding hydrogens is 80.0 g/mol. The number of aliphatic carboxylic acids is 1. The standard InChI is InChI=1S/C4H5O2/c5-4(6)3-1-2-3/h1,3H,2H2,(H,5,6)/t3-/m0/s1. The molecule has 0 aromatic heterocycles. The maximum absolute atomic E-state index is 9.73. The Morgan fingerprint density at radius 3 is 2.50 bits per heavy atom. The minimum absolute atomic E-state index is 0.106. The van der Waals surface area contributed by atoms with Crippen LogP contribution in [0.15, 0.2) is 0 Å². The number of carbonyl (C=O) groups is 1. The van der Waals surface area contributed by atoms with Crippen molar-refractivity contribution < 1.29 is 9.90 Å². The first-order valence-corrected chi connectivity index (χ1v) is 1.87. The van der Waals surface area contributed by atoms with E-state index in [0.29, 0.717) is 0 Å². The molecule has 0 heterocycles. The predicted molar refractivity (Wildman–Crippen MR) is 20.0 cm³/mol. The van der Waals surface area contributed by atoms with Gasteiger partial charge >= 0.3 is 5.97 Å². The molecular formula is C4H5O2. The molecule has 1 atom stereocenters. The van der Waals surface area contributed by atoms with Gasteiger partial charge in [-0.25, -0.2) is 0 Å². The van der Waals surface area contributed by atoms with Crippen molar-refractivity contribution in [2.24, 2.45) is 5.92 Å². The molecule has 0 aromatic carbocycles. The summed E-state index contributed by atoms with van der Waals surface area (Å²) >= 11 is 0. The summed E-state index contributed by atoms with van der Waals surface area (Å²) in [5.74, 6) is -0.792. The molecule has 0 spiro atoms. The van der Waals surface area contributed by atoms with Gasteiger partial charge in [0.15, 0.2) is 0 Å². The number of hydrogen-bond acceptors (Lipinski definition) is 1. The van der Waals surface area contributed by atoms with E-state index in [4.69, 9.17) is 5.11 Å². The molecule has 0 unspecified atom stereocenters. The molecule has 2 heteroatoms. The molecule has 0 amide bonds. The first-order chi connectivity index (χ1) is 2.80. The lowest BCUT2D eigenvalue weighted by Crippen LogP contribution is -1.94. The number of hydrogen-bond donors (Lipinski definition) is 1. The Morgan fingerprint density at radius 2 is 2.50 bits per heavy atom. The summed E-state index contributed by atoms with van der Waals surface area (Å²) in [6.07, 6.45) is 2.54. The van der Waals surface area contributed by atoms with Gasteiger partial charge < -0.3 is 5.11 Å². The van der Waals surface area contributed by atoms with Gasteiger partial charge in [0.25, 0.3) is 0 Å². The van der Waals surface area contributed by atoms with Crippen molar-refractivity contribution in [3.8, 4) is 0 Å². The van der Waals surface area contributed by atoms with Crippen molar-refractivity contribution in [2.75, 3.05) is 0 Å². The van der Waals surface area contributed by atoms with Gasteiger partial charge in [-0.2, -0.15) is 0 Å². The monoisotopic (exact) mass is 85.0 g/mol. The molecule has 1 N–H and O–H groups in total. The zero-order valence-electron chi connectivity index (χ0n) is 3.22.